The van der Waals surface area contributed by atoms with Crippen molar-refractivity contribution in [3.63, 3.8) is 0 Å². The number of aliphatic hydroxyl groups is 2. The third-order valence-electron chi connectivity index (χ3n) is 7.10. The van der Waals surface area contributed by atoms with Gasteiger partial charge in [-0.1, -0.05) is 12.5 Å². The topological polar surface area (TPSA) is 166 Å². The monoisotopic (exact) mass is 550 g/mol. The van der Waals surface area contributed by atoms with Crippen LogP contribution in [0.4, 0.5) is 0 Å². The van der Waals surface area contributed by atoms with Crippen molar-refractivity contribution >= 4 is 23.9 Å². The Morgan fingerprint density at radius 3 is 2.08 bits per heavy atom. The van der Waals surface area contributed by atoms with Crippen molar-refractivity contribution in [1.82, 2.24) is 9.80 Å². The average Bonchev–Trinajstić information content (AvgIpc) is 2.92. The first-order valence-electron chi connectivity index (χ1n) is 13.1. The zero-order chi connectivity index (χ0) is 28.4. The zero-order valence-electron chi connectivity index (χ0n) is 22.1. The quantitative estimate of drug-likeness (QED) is 0.322. The summed E-state index contributed by atoms with van der Waals surface area (Å²) in [5, 5.41) is 32.5. The number of methoxy groups -OCH3 is 1. The van der Waals surface area contributed by atoms with E-state index in [-0.39, 0.29) is 12.0 Å². The number of carbonyl (C=O) groups excluding carboxylic acids is 1. The molecule has 12 heteroatoms. The Kier molecular flexibility index (Phi) is 11.5. The Hall–Kier alpha value is -3.19. The number of carboxylic acid groups (broad SMARTS) is 2. The molecule has 4 rings (SSSR count). The van der Waals surface area contributed by atoms with Crippen LogP contribution in [0, 0.1) is 0 Å². The Labute approximate surface area is 227 Å². The van der Waals surface area contributed by atoms with Crippen LogP contribution in [0.1, 0.15) is 37.7 Å². The second-order valence-corrected chi connectivity index (χ2v) is 9.69. The van der Waals surface area contributed by atoms with Gasteiger partial charge in [-0.25, -0.2) is 9.59 Å². The van der Waals surface area contributed by atoms with E-state index in [1.807, 2.05) is 29.2 Å². The van der Waals surface area contributed by atoms with Gasteiger partial charge in [0, 0.05) is 38.3 Å². The van der Waals surface area contributed by atoms with Gasteiger partial charge in [0.15, 0.2) is 23.7 Å². The highest BCUT2D eigenvalue weighted by Crippen LogP contribution is 2.32. The molecule has 3 fully saturated rings. The number of benzene rings is 1. The molecule has 1 aliphatic carbocycles. The van der Waals surface area contributed by atoms with Gasteiger partial charge in [0.25, 0.3) is 0 Å². The molecule has 0 unspecified atom stereocenters. The third-order valence-corrected chi connectivity index (χ3v) is 7.10. The fraction of sp³-hybridized carbons (Fsp3) is 0.593. The fourth-order valence-electron chi connectivity index (χ4n) is 4.50. The lowest BCUT2D eigenvalue weighted by molar-refractivity contribution is -0.165. The van der Waals surface area contributed by atoms with Crippen LogP contribution in [0.5, 0.6) is 11.5 Å². The number of morpholine rings is 1. The largest absolute Gasteiger partial charge is 0.493 e. The Morgan fingerprint density at radius 1 is 0.949 bits per heavy atom. The van der Waals surface area contributed by atoms with Crippen LogP contribution in [-0.4, -0.2) is 119 Å². The van der Waals surface area contributed by atoms with E-state index >= 15 is 0 Å². The van der Waals surface area contributed by atoms with Crippen LogP contribution < -0.4 is 9.47 Å². The molecule has 12 nitrogen and oxygen atoms in total. The molecule has 216 valence electrons. The minimum Gasteiger partial charge on any atom is -0.493 e. The number of hydrogen-bond acceptors (Lipinski definition) is 9. The second-order valence-electron chi connectivity index (χ2n) is 9.69. The van der Waals surface area contributed by atoms with Crippen molar-refractivity contribution in [2.24, 2.45) is 0 Å². The number of hydrogen-bond donors (Lipinski definition) is 4. The van der Waals surface area contributed by atoms with Gasteiger partial charge in [-0.3, -0.25) is 4.79 Å². The molecule has 0 bridgehead atoms. The van der Waals surface area contributed by atoms with E-state index in [0.717, 1.165) is 43.3 Å². The molecule has 2 aliphatic heterocycles. The van der Waals surface area contributed by atoms with Crippen LogP contribution >= 0.6 is 0 Å². The van der Waals surface area contributed by atoms with Crippen molar-refractivity contribution < 1.29 is 49.0 Å². The second kappa shape index (κ2) is 14.8. The van der Waals surface area contributed by atoms with E-state index in [2.05, 4.69) is 4.90 Å². The number of carbonyl (C=O) groups is 3. The maximum Gasteiger partial charge on any atom is 0.335 e. The van der Waals surface area contributed by atoms with Crippen molar-refractivity contribution in [2.45, 2.75) is 56.5 Å². The minimum absolute atomic E-state index is 0.0193. The molecular weight excluding hydrogens is 512 g/mol. The van der Waals surface area contributed by atoms with E-state index in [0.29, 0.717) is 32.1 Å². The molecule has 1 amide bonds. The molecule has 0 aromatic heterocycles. The molecule has 0 spiro atoms. The summed E-state index contributed by atoms with van der Waals surface area (Å²) in [5.41, 5.74) is 0.926. The average molecular weight is 551 g/mol. The number of ether oxygens (including phenoxy) is 3. The van der Waals surface area contributed by atoms with Crippen molar-refractivity contribution in [1.29, 1.82) is 0 Å². The summed E-state index contributed by atoms with van der Waals surface area (Å²) < 4.78 is 17.1. The normalized spacial score (nSPS) is 20.3. The fourth-order valence-corrected chi connectivity index (χ4v) is 4.50. The number of aliphatic carboxylic acids is 2. The number of rotatable bonds is 9. The van der Waals surface area contributed by atoms with E-state index in [4.69, 9.17) is 34.6 Å². The molecule has 2 saturated heterocycles. The zero-order valence-corrected chi connectivity index (χ0v) is 22.1. The van der Waals surface area contributed by atoms with E-state index in [1.54, 1.807) is 13.2 Å². The smallest absolute Gasteiger partial charge is 0.335 e. The van der Waals surface area contributed by atoms with Gasteiger partial charge in [-0.15, -0.1) is 0 Å². The van der Waals surface area contributed by atoms with Crippen molar-refractivity contribution in [3.8, 4) is 11.5 Å². The van der Waals surface area contributed by atoms with Crippen LogP contribution in [0.25, 0.3) is 6.08 Å². The highest BCUT2D eigenvalue weighted by molar-refractivity contribution is 5.92. The summed E-state index contributed by atoms with van der Waals surface area (Å²) in [6.45, 7) is 4.78. The molecule has 4 N–H and O–H groups in total. The predicted molar refractivity (Wildman–Crippen MR) is 140 cm³/mol. The molecular formula is C27H38N2O10. The van der Waals surface area contributed by atoms with Gasteiger partial charge in [0.2, 0.25) is 5.91 Å². The Balaban J connectivity index is 0.000000360. The SMILES string of the molecule is COc1cc(/C=C/C(=O)N2CCOCC2)ccc1OC1CCN(C2CCC2)CC1.O=C(O)[C@H](O)[C@@H](O)C(=O)O. The molecule has 0 radical (unpaired) electrons. The summed E-state index contributed by atoms with van der Waals surface area (Å²) >= 11 is 0. The summed E-state index contributed by atoms with van der Waals surface area (Å²) in [5.74, 6) is -2.02. The third kappa shape index (κ3) is 8.92. The lowest BCUT2D eigenvalue weighted by atomic mass is 9.90. The van der Waals surface area contributed by atoms with Crippen molar-refractivity contribution in [3.05, 3.63) is 29.8 Å². The molecule has 39 heavy (non-hydrogen) atoms. The van der Waals surface area contributed by atoms with Crippen molar-refractivity contribution in [2.75, 3.05) is 46.5 Å². The molecule has 1 aromatic carbocycles. The summed E-state index contributed by atoms with van der Waals surface area (Å²) in [4.78, 5) is 36.3. The summed E-state index contributed by atoms with van der Waals surface area (Å²) in [6, 6.07) is 6.68. The number of amides is 1. The number of aliphatic hydroxyl groups excluding tert-OH is 2. The predicted octanol–water partition coefficient (Wildman–Crippen LogP) is 0.840. The maximum atomic E-state index is 12.3. The van der Waals surface area contributed by atoms with Gasteiger partial charge in [0.1, 0.15) is 6.10 Å². The first-order chi connectivity index (χ1) is 18.7. The van der Waals surface area contributed by atoms with Gasteiger partial charge < -0.3 is 44.4 Å². The first-order valence-corrected chi connectivity index (χ1v) is 13.1. The lowest BCUT2D eigenvalue weighted by Crippen LogP contribution is -2.46. The van der Waals surface area contributed by atoms with E-state index < -0.39 is 24.1 Å². The van der Waals surface area contributed by atoms with Crippen LogP contribution in [0.3, 0.4) is 0 Å². The Bertz CT molecular complexity index is 980. The molecule has 1 saturated carbocycles. The lowest BCUT2D eigenvalue weighted by Gasteiger charge is -2.41. The minimum atomic E-state index is -2.27. The van der Waals surface area contributed by atoms with Gasteiger partial charge in [-0.2, -0.15) is 0 Å². The highest BCUT2D eigenvalue weighted by Gasteiger charge is 2.30. The van der Waals surface area contributed by atoms with Crippen LogP contribution in [-0.2, 0) is 19.1 Å². The number of nitrogens with zero attached hydrogens (tertiary/aromatic N) is 2. The van der Waals surface area contributed by atoms with Gasteiger partial charge >= 0.3 is 11.9 Å². The molecule has 3 aliphatic rings. The molecule has 1 aromatic rings. The number of carboxylic acids is 2. The standard InChI is InChI=1S/C23H32N2O4.C4H6O6/c1-27-22-17-18(6-8-23(26)25-13-15-28-16-14-25)5-7-21(22)29-20-9-11-24(12-10-20)19-3-2-4-19;5-1(3(7)8)2(6)4(9)10/h5-8,17,19-20H,2-4,9-16H2,1H3;1-2,5-6H,(H,7,8)(H,9,10)/b8-6+;/t;1-,2-/m.1/s1. The molecule has 2 atom stereocenters. The number of likely N-dealkylation sites (tertiary alicyclic amines) is 1. The summed E-state index contributed by atoms with van der Waals surface area (Å²) in [7, 11) is 1.66. The van der Waals surface area contributed by atoms with E-state index in [9.17, 15) is 14.4 Å². The number of piperidine rings is 1. The van der Waals surface area contributed by atoms with E-state index in [1.165, 1.54) is 19.3 Å². The first kappa shape index (κ1) is 30.4. The van der Waals surface area contributed by atoms with Gasteiger partial charge in [-0.05, 0) is 49.5 Å². The Morgan fingerprint density at radius 2 is 1.56 bits per heavy atom. The molecule has 2 heterocycles. The van der Waals surface area contributed by atoms with Gasteiger partial charge in [0.05, 0.1) is 20.3 Å². The summed E-state index contributed by atoms with van der Waals surface area (Å²) in [6.07, 6.45) is 5.41. The van der Waals surface area contributed by atoms with Crippen LogP contribution in [0.2, 0.25) is 0 Å². The maximum absolute atomic E-state index is 12.3. The highest BCUT2D eigenvalue weighted by atomic mass is 16.5. The van der Waals surface area contributed by atoms with Crippen LogP contribution in [0.15, 0.2) is 24.3 Å².